The van der Waals surface area contributed by atoms with E-state index in [9.17, 15) is 13.6 Å². The highest BCUT2D eigenvalue weighted by Gasteiger charge is 2.20. The van der Waals surface area contributed by atoms with Gasteiger partial charge in [-0.05, 0) is 49.1 Å². The van der Waals surface area contributed by atoms with Crippen molar-refractivity contribution in [1.82, 2.24) is 5.32 Å². The smallest absolute Gasteiger partial charge is 0.239 e. The van der Waals surface area contributed by atoms with Gasteiger partial charge in [0.05, 0.1) is 6.54 Å². The highest BCUT2D eigenvalue weighted by atomic mass is 35.5. The Morgan fingerprint density at radius 2 is 1.85 bits per heavy atom. The van der Waals surface area contributed by atoms with Crippen molar-refractivity contribution in [2.24, 2.45) is 0 Å². The van der Waals surface area contributed by atoms with Gasteiger partial charge in [-0.3, -0.25) is 4.79 Å². The van der Waals surface area contributed by atoms with Crippen molar-refractivity contribution in [2.45, 2.75) is 19.3 Å². The molecule has 26 heavy (non-hydrogen) atoms. The predicted octanol–water partition coefficient (Wildman–Crippen LogP) is 3.08. The van der Waals surface area contributed by atoms with Gasteiger partial charge >= 0.3 is 0 Å². The summed E-state index contributed by atoms with van der Waals surface area (Å²) < 4.78 is 27.2. The molecule has 4 nitrogen and oxygen atoms in total. The number of nitrogen functional groups attached to an aromatic ring is 1. The normalized spacial score (nSPS) is 12.9. The Morgan fingerprint density at radius 3 is 2.58 bits per heavy atom. The van der Waals surface area contributed by atoms with E-state index in [0.29, 0.717) is 0 Å². The Bertz CT molecular complexity index is 765. The predicted molar refractivity (Wildman–Crippen MR) is 102 cm³/mol. The third-order valence-corrected chi connectivity index (χ3v) is 4.48. The highest BCUT2D eigenvalue weighted by Crippen LogP contribution is 2.30. The fourth-order valence-corrected chi connectivity index (χ4v) is 3.22. The lowest BCUT2D eigenvalue weighted by molar-refractivity contribution is -0.119. The standard InChI is InChI=1S/C19H21F2N3O.ClH/c20-15-5-1-6-16(21)13(15)9-10-23-19(25)12-24-11-3-4-14-17(22)7-2-8-18(14)24;/h1-2,5-8H,3-4,9-12,22H2,(H,23,25);1H. The molecule has 1 heterocycles. The second-order valence-electron chi connectivity index (χ2n) is 6.17. The SMILES string of the molecule is Cl.Nc1cccc2c1CCCN2CC(=O)NCCc1c(F)cccc1F. The Morgan fingerprint density at radius 1 is 1.15 bits per heavy atom. The molecule has 0 bridgehead atoms. The number of rotatable bonds is 5. The quantitative estimate of drug-likeness (QED) is 0.782. The molecule has 0 aliphatic carbocycles. The zero-order valence-corrected chi connectivity index (χ0v) is 15.1. The summed E-state index contributed by atoms with van der Waals surface area (Å²) in [4.78, 5) is 14.2. The van der Waals surface area contributed by atoms with Crippen molar-refractivity contribution in [3.8, 4) is 0 Å². The second-order valence-corrected chi connectivity index (χ2v) is 6.17. The minimum Gasteiger partial charge on any atom is -0.398 e. The number of halogens is 3. The molecule has 1 amide bonds. The molecule has 140 valence electrons. The number of benzene rings is 2. The van der Waals surface area contributed by atoms with Gasteiger partial charge in [-0.15, -0.1) is 12.4 Å². The average Bonchev–Trinajstić information content (AvgIpc) is 2.58. The highest BCUT2D eigenvalue weighted by molar-refractivity contribution is 5.85. The number of carbonyl (C=O) groups is 1. The molecule has 0 unspecified atom stereocenters. The molecule has 1 aliphatic heterocycles. The van der Waals surface area contributed by atoms with Crippen LogP contribution in [0.5, 0.6) is 0 Å². The largest absolute Gasteiger partial charge is 0.398 e. The van der Waals surface area contributed by atoms with Gasteiger partial charge in [0.15, 0.2) is 0 Å². The Balaban J connectivity index is 0.00000243. The lowest BCUT2D eigenvalue weighted by Gasteiger charge is -2.31. The van der Waals surface area contributed by atoms with E-state index in [2.05, 4.69) is 5.32 Å². The lowest BCUT2D eigenvalue weighted by Crippen LogP contribution is -2.40. The van der Waals surface area contributed by atoms with Crippen LogP contribution in [0.3, 0.4) is 0 Å². The molecule has 0 radical (unpaired) electrons. The molecule has 2 aromatic rings. The summed E-state index contributed by atoms with van der Waals surface area (Å²) >= 11 is 0. The first-order chi connectivity index (χ1) is 12.1. The van der Waals surface area contributed by atoms with Crippen LogP contribution in [0, 0.1) is 11.6 Å². The maximum atomic E-state index is 13.6. The topological polar surface area (TPSA) is 58.4 Å². The minimum absolute atomic E-state index is 0. The summed E-state index contributed by atoms with van der Waals surface area (Å²) in [5.74, 6) is -1.35. The Labute approximate surface area is 157 Å². The van der Waals surface area contributed by atoms with Crippen molar-refractivity contribution in [2.75, 3.05) is 30.3 Å². The monoisotopic (exact) mass is 381 g/mol. The maximum Gasteiger partial charge on any atom is 0.239 e. The van der Waals surface area contributed by atoms with Crippen LogP contribution in [0.25, 0.3) is 0 Å². The molecule has 0 fully saturated rings. The van der Waals surface area contributed by atoms with Gasteiger partial charge in [-0.25, -0.2) is 8.78 Å². The molecule has 2 aromatic carbocycles. The summed E-state index contributed by atoms with van der Waals surface area (Å²) in [5, 5.41) is 2.73. The van der Waals surface area contributed by atoms with E-state index in [-0.39, 0.29) is 43.4 Å². The third kappa shape index (κ3) is 4.43. The van der Waals surface area contributed by atoms with Crippen LogP contribution < -0.4 is 16.0 Å². The van der Waals surface area contributed by atoms with E-state index in [1.54, 1.807) is 0 Å². The number of nitrogens with zero attached hydrogens (tertiary/aromatic N) is 1. The molecule has 3 N–H and O–H groups in total. The van der Waals surface area contributed by atoms with Crippen molar-refractivity contribution in [1.29, 1.82) is 0 Å². The average molecular weight is 382 g/mol. The number of hydrogen-bond acceptors (Lipinski definition) is 3. The number of amides is 1. The van der Waals surface area contributed by atoms with Crippen LogP contribution in [0.1, 0.15) is 17.5 Å². The van der Waals surface area contributed by atoms with Gasteiger partial charge in [0, 0.05) is 30.0 Å². The zero-order valence-electron chi connectivity index (χ0n) is 14.3. The van der Waals surface area contributed by atoms with E-state index in [0.717, 1.165) is 36.3 Å². The number of anilines is 2. The molecule has 0 spiro atoms. The third-order valence-electron chi connectivity index (χ3n) is 4.48. The lowest BCUT2D eigenvalue weighted by atomic mass is 10.00. The minimum atomic E-state index is -0.588. The fourth-order valence-electron chi connectivity index (χ4n) is 3.22. The van der Waals surface area contributed by atoms with E-state index in [1.807, 2.05) is 23.1 Å². The Kier molecular flexibility index (Phi) is 6.80. The summed E-state index contributed by atoms with van der Waals surface area (Å²) in [6.07, 6.45) is 1.97. The molecule has 0 aromatic heterocycles. The number of hydrogen-bond donors (Lipinski definition) is 2. The second kappa shape index (κ2) is 8.85. The van der Waals surface area contributed by atoms with E-state index < -0.39 is 11.6 Å². The van der Waals surface area contributed by atoms with Crippen molar-refractivity contribution in [3.63, 3.8) is 0 Å². The summed E-state index contributed by atoms with van der Waals surface area (Å²) in [5.41, 5.74) is 8.82. The van der Waals surface area contributed by atoms with E-state index in [1.165, 1.54) is 18.2 Å². The number of fused-ring (bicyclic) bond motifs is 1. The molecule has 7 heteroatoms. The number of carbonyl (C=O) groups excluding carboxylic acids is 1. The fraction of sp³-hybridized carbons (Fsp3) is 0.316. The van der Waals surface area contributed by atoms with Crippen molar-refractivity contribution >= 4 is 29.7 Å². The molecular formula is C19H22ClF2N3O. The molecule has 0 saturated heterocycles. The van der Waals surface area contributed by atoms with Crippen LogP contribution in [-0.2, 0) is 17.6 Å². The van der Waals surface area contributed by atoms with E-state index in [4.69, 9.17) is 5.73 Å². The van der Waals surface area contributed by atoms with Gasteiger partial charge < -0.3 is 16.0 Å². The number of nitrogens with two attached hydrogens (primary N) is 1. The van der Waals surface area contributed by atoms with Gasteiger partial charge in [0.25, 0.3) is 0 Å². The van der Waals surface area contributed by atoms with Crippen molar-refractivity contribution in [3.05, 3.63) is 59.2 Å². The van der Waals surface area contributed by atoms with Crippen molar-refractivity contribution < 1.29 is 13.6 Å². The Hall–Kier alpha value is -2.34. The molecule has 0 saturated carbocycles. The van der Waals surface area contributed by atoms with Gasteiger partial charge in [-0.2, -0.15) is 0 Å². The first-order valence-corrected chi connectivity index (χ1v) is 8.38. The molecule has 0 atom stereocenters. The molecule has 1 aliphatic rings. The summed E-state index contributed by atoms with van der Waals surface area (Å²) in [6, 6.07) is 9.47. The van der Waals surface area contributed by atoms with E-state index >= 15 is 0 Å². The molecule has 3 rings (SSSR count). The van der Waals surface area contributed by atoms with Crippen LogP contribution in [0.2, 0.25) is 0 Å². The molecular weight excluding hydrogens is 360 g/mol. The van der Waals surface area contributed by atoms with Crippen LogP contribution >= 0.6 is 12.4 Å². The van der Waals surface area contributed by atoms with Crippen LogP contribution in [0.15, 0.2) is 36.4 Å². The van der Waals surface area contributed by atoms with Gasteiger partial charge in [0.1, 0.15) is 11.6 Å². The zero-order chi connectivity index (χ0) is 17.8. The van der Waals surface area contributed by atoms with Gasteiger partial charge in [0.2, 0.25) is 5.91 Å². The van der Waals surface area contributed by atoms with Crippen LogP contribution in [-0.4, -0.2) is 25.5 Å². The summed E-state index contributed by atoms with van der Waals surface area (Å²) in [6.45, 7) is 1.18. The maximum absolute atomic E-state index is 13.6. The first kappa shape index (κ1) is 20.0. The van der Waals surface area contributed by atoms with Gasteiger partial charge in [-0.1, -0.05) is 12.1 Å². The van der Waals surface area contributed by atoms with Crippen LogP contribution in [0.4, 0.5) is 20.2 Å². The number of nitrogens with one attached hydrogen (secondary N) is 1. The summed E-state index contributed by atoms with van der Waals surface area (Å²) in [7, 11) is 0. The first-order valence-electron chi connectivity index (χ1n) is 8.38.